The lowest BCUT2D eigenvalue weighted by atomic mass is 9.88. The van der Waals surface area contributed by atoms with E-state index < -0.39 is 0 Å². The first-order valence-corrected chi connectivity index (χ1v) is 5.61. The fourth-order valence-electron chi connectivity index (χ4n) is 1.43. The number of carbonyl (C=O) groups excluding carboxylic acids is 1. The van der Waals surface area contributed by atoms with E-state index in [0.29, 0.717) is 6.54 Å². The van der Waals surface area contributed by atoms with E-state index in [1.807, 2.05) is 38.1 Å². The van der Waals surface area contributed by atoms with Crippen molar-refractivity contribution in [2.45, 2.75) is 32.1 Å². The highest BCUT2D eigenvalue weighted by Crippen LogP contribution is 2.19. The molecule has 1 aromatic rings. The summed E-state index contributed by atoms with van der Waals surface area (Å²) in [5, 5.41) is 11.2. The Bertz CT molecular complexity index is 406. The molecule has 0 atom stereocenters. The Kier molecular flexibility index (Phi) is 4.65. The molecule has 90 valence electrons. The summed E-state index contributed by atoms with van der Waals surface area (Å²) in [5.74, 6) is -0.0874. The number of carbonyl (C=O) groups is 1. The fraction of sp³-hybridized carbons (Fsp3) is 0.462. The van der Waals surface area contributed by atoms with Crippen LogP contribution >= 0.6 is 0 Å². The van der Waals surface area contributed by atoms with Crippen molar-refractivity contribution < 1.29 is 4.79 Å². The standard InChI is InChI=1S/C13H17N3O/c1-13(2,11-6-3-4-9-15-11)10-16-12(17)7-5-8-14/h3-4,6,9H,5,7,10H2,1-2H3,(H,16,17). The predicted molar refractivity (Wildman–Crippen MR) is 65.1 cm³/mol. The largest absolute Gasteiger partial charge is 0.355 e. The second kappa shape index (κ2) is 6.00. The van der Waals surface area contributed by atoms with Gasteiger partial charge in [-0.3, -0.25) is 9.78 Å². The summed E-state index contributed by atoms with van der Waals surface area (Å²) in [7, 11) is 0. The Balaban J connectivity index is 2.51. The first kappa shape index (κ1) is 13.2. The Morgan fingerprint density at radius 2 is 2.29 bits per heavy atom. The molecule has 0 unspecified atom stereocenters. The van der Waals surface area contributed by atoms with Crippen molar-refractivity contribution in [3.05, 3.63) is 30.1 Å². The number of nitrogens with one attached hydrogen (secondary N) is 1. The highest BCUT2D eigenvalue weighted by molar-refractivity contribution is 5.76. The number of nitriles is 1. The normalized spacial score (nSPS) is 10.6. The van der Waals surface area contributed by atoms with Gasteiger partial charge >= 0.3 is 0 Å². The van der Waals surface area contributed by atoms with Gasteiger partial charge in [0.1, 0.15) is 0 Å². The van der Waals surface area contributed by atoms with Crippen LogP contribution in [-0.2, 0) is 10.2 Å². The van der Waals surface area contributed by atoms with Gasteiger partial charge in [0.15, 0.2) is 0 Å². The summed E-state index contributed by atoms with van der Waals surface area (Å²) in [5.41, 5.74) is 0.740. The van der Waals surface area contributed by atoms with E-state index in [-0.39, 0.29) is 24.2 Å². The Morgan fingerprint density at radius 3 is 2.88 bits per heavy atom. The summed E-state index contributed by atoms with van der Waals surface area (Å²) in [6, 6.07) is 7.70. The molecule has 0 aliphatic rings. The minimum Gasteiger partial charge on any atom is -0.355 e. The van der Waals surface area contributed by atoms with Crippen LogP contribution in [0, 0.1) is 11.3 Å². The summed E-state index contributed by atoms with van der Waals surface area (Å²) in [6.45, 7) is 4.58. The zero-order valence-electron chi connectivity index (χ0n) is 10.2. The lowest BCUT2D eigenvalue weighted by Crippen LogP contribution is -2.37. The molecule has 0 aliphatic carbocycles. The van der Waals surface area contributed by atoms with E-state index in [0.717, 1.165) is 5.69 Å². The molecule has 0 saturated heterocycles. The summed E-state index contributed by atoms with van der Waals surface area (Å²) in [4.78, 5) is 15.7. The number of aromatic nitrogens is 1. The lowest BCUT2D eigenvalue weighted by Gasteiger charge is -2.24. The average Bonchev–Trinajstić information content (AvgIpc) is 2.35. The van der Waals surface area contributed by atoms with Crippen LogP contribution in [0.25, 0.3) is 0 Å². The smallest absolute Gasteiger partial charge is 0.221 e. The second-order valence-electron chi connectivity index (χ2n) is 4.53. The highest BCUT2D eigenvalue weighted by Gasteiger charge is 2.22. The fourth-order valence-corrected chi connectivity index (χ4v) is 1.43. The van der Waals surface area contributed by atoms with Crippen LogP contribution in [0.5, 0.6) is 0 Å². The van der Waals surface area contributed by atoms with Crippen LogP contribution < -0.4 is 5.32 Å². The van der Waals surface area contributed by atoms with Crippen molar-refractivity contribution in [3.63, 3.8) is 0 Å². The SMILES string of the molecule is CC(C)(CNC(=O)CCC#N)c1ccccn1. The van der Waals surface area contributed by atoms with E-state index >= 15 is 0 Å². The van der Waals surface area contributed by atoms with Crippen molar-refractivity contribution in [1.29, 1.82) is 5.26 Å². The third kappa shape index (κ3) is 4.23. The van der Waals surface area contributed by atoms with Gasteiger partial charge < -0.3 is 5.32 Å². The van der Waals surface area contributed by atoms with Crippen molar-refractivity contribution in [2.75, 3.05) is 6.54 Å². The first-order chi connectivity index (χ1) is 8.06. The number of hydrogen-bond donors (Lipinski definition) is 1. The molecule has 4 heteroatoms. The minimum absolute atomic E-state index is 0.0874. The second-order valence-corrected chi connectivity index (χ2v) is 4.53. The molecule has 17 heavy (non-hydrogen) atoms. The van der Waals surface area contributed by atoms with Gasteiger partial charge in [-0.1, -0.05) is 19.9 Å². The molecular formula is C13H17N3O. The van der Waals surface area contributed by atoms with Crippen LogP contribution in [0.15, 0.2) is 24.4 Å². The van der Waals surface area contributed by atoms with Crippen LogP contribution in [0.3, 0.4) is 0 Å². The van der Waals surface area contributed by atoms with Crippen LogP contribution in [0.1, 0.15) is 32.4 Å². The van der Waals surface area contributed by atoms with Gasteiger partial charge in [0.25, 0.3) is 0 Å². The van der Waals surface area contributed by atoms with Gasteiger partial charge in [-0.2, -0.15) is 5.26 Å². The molecule has 0 fully saturated rings. The van der Waals surface area contributed by atoms with Crippen molar-refractivity contribution in [1.82, 2.24) is 10.3 Å². The highest BCUT2D eigenvalue weighted by atomic mass is 16.1. The summed E-state index contributed by atoms with van der Waals surface area (Å²) < 4.78 is 0. The van der Waals surface area contributed by atoms with E-state index in [1.54, 1.807) is 6.20 Å². The Labute approximate surface area is 102 Å². The first-order valence-electron chi connectivity index (χ1n) is 5.61. The molecule has 1 amide bonds. The molecule has 0 aliphatic heterocycles. The zero-order valence-corrected chi connectivity index (χ0v) is 10.2. The quantitative estimate of drug-likeness (QED) is 0.840. The number of rotatable bonds is 5. The van der Waals surface area contributed by atoms with Crippen LogP contribution in [-0.4, -0.2) is 17.4 Å². The third-order valence-electron chi connectivity index (χ3n) is 2.55. The van der Waals surface area contributed by atoms with Gasteiger partial charge in [-0.05, 0) is 12.1 Å². The molecule has 0 saturated carbocycles. The van der Waals surface area contributed by atoms with Crippen molar-refractivity contribution >= 4 is 5.91 Å². The van der Waals surface area contributed by atoms with Crippen molar-refractivity contribution in [3.8, 4) is 6.07 Å². The van der Waals surface area contributed by atoms with Gasteiger partial charge in [0, 0.05) is 36.7 Å². The molecule has 1 heterocycles. The van der Waals surface area contributed by atoms with Gasteiger partial charge in [-0.25, -0.2) is 0 Å². The Morgan fingerprint density at radius 1 is 1.53 bits per heavy atom. The molecule has 0 bridgehead atoms. The molecule has 4 nitrogen and oxygen atoms in total. The van der Waals surface area contributed by atoms with Gasteiger partial charge in [0.2, 0.25) is 5.91 Å². The lowest BCUT2D eigenvalue weighted by molar-refractivity contribution is -0.121. The molecule has 1 rings (SSSR count). The molecule has 0 spiro atoms. The molecular weight excluding hydrogens is 214 g/mol. The van der Waals surface area contributed by atoms with E-state index in [4.69, 9.17) is 5.26 Å². The monoisotopic (exact) mass is 231 g/mol. The zero-order chi connectivity index (χ0) is 12.7. The maximum Gasteiger partial charge on any atom is 0.221 e. The van der Waals surface area contributed by atoms with Crippen LogP contribution in [0.2, 0.25) is 0 Å². The van der Waals surface area contributed by atoms with Gasteiger partial charge in [0.05, 0.1) is 6.07 Å². The molecule has 1 N–H and O–H groups in total. The van der Waals surface area contributed by atoms with E-state index in [2.05, 4.69) is 10.3 Å². The number of amides is 1. The van der Waals surface area contributed by atoms with Crippen LogP contribution in [0.4, 0.5) is 0 Å². The maximum absolute atomic E-state index is 11.4. The number of pyridine rings is 1. The number of nitrogens with zero attached hydrogens (tertiary/aromatic N) is 2. The predicted octanol–water partition coefficient (Wildman–Crippen LogP) is 1.78. The van der Waals surface area contributed by atoms with Gasteiger partial charge in [-0.15, -0.1) is 0 Å². The van der Waals surface area contributed by atoms with E-state index in [1.165, 1.54) is 0 Å². The topological polar surface area (TPSA) is 65.8 Å². The average molecular weight is 231 g/mol. The van der Waals surface area contributed by atoms with Crippen molar-refractivity contribution in [2.24, 2.45) is 0 Å². The molecule has 0 radical (unpaired) electrons. The van der Waals surface area contributed by atoms with E-state index in [9.17, 15) is 4.79 Å². The number of hydrogen-bond acceptors (Lipinski definition) is 3. The summed E-state index contributed by atoms with van der Waals surface area (Å²) >= 11 is 0. The minimum atomic E-state index is -0.205. The molecule has 1 aromatic heterocycles. The summed E-state index contributed by atoms with van der Waals surface area (Å²) in [6.07, 6.45) is 2.26. The maximum atomic E-state index is 11.4. The third-order valence-corrected chi connectivity index (χ3v) is 2.55. The Hall–Kier alpha value is -1.89. The molecule has 0 aromatic carbocycles.